The van der Waals surface area contributed by atoms with Crippen LogP contribution < -0.4 is 10.9 Å². The maximum atomic E-state index is 13.3. The van der Waals surface area contributed by atoms with Crippen molar-refractivity contribution in [1.29, 1.82) is 0 Å². The summed E-state index contributed by atoms with van der Waals surface area (Å²) in [6, 6.07) is 16.0. The number of aromatic amines is 1. The predicted octanol–water partition coefficient (Wildman–Crippen LogP) is 5.06. The van der Waals surface area contributed by atoms with Crippen LogP contribution in [0.5, 0.6) is 0 Å². The van der Waals surface area contributed by atoms with Gasteiger partial charge in [-0.2, -0.15) is 0 Å². The van der Waals surface area contributed by atoms with Crippen LogP contribution in [0.25, 0.3) is 16.6 Å². The second kappa shape index (κ2) is 7.68. The Kier molecular flexibility index (Phi) is 5.05. The molecule has 0 atom stereocenters. The predicted molar refractivity (Wildman–Crippen MR) is 119 cm³/mol. The van der Waals surface area contributed by atoms with Crippen molar-refractivity contribution in [3.8, 4) is 5.69 Å². The molecule has 2 N–H and O–H groups in total. The molecule has 7 heteroatoms. The summed E-state index contributed by atoms with van der Waals surface area (Å²) in [4.78, 5) is 28.8. The van der Waals surface area contributed by atoms with E-state index < -0.39 is 11.7 Å². The highest BCUT2D eigenvalue weighted by Gasteiger charge is 2.13. The topological polar surface area (TPSA) is 66.9 Å². The summed E-state index contributed by atoms with van der Waals surface area (Å²) in [5.74, 6) is -0.858. The first-order valence-corrected chi connectivity index (χ1v) is 9.68. The SMILES string of the molecule is Cc1cccc(-n2c(=S)[nH]c3cc(C(=O)Nc4cccc(F)c4)ccc3c2=O)c1C. The molecule has 0 aliphatic heterocycles. The quantitative estimate of drug-likeness (QED) is 0.456. The Balaban J connectivity index is 1.78. The zero-order valence-electron chi connectivity index (χ0n) is 16.3. The number of carbonyl (C=O) groups excluding carboxylic acids is 1. The highest BCUT2D eigenvalue weighted by molar-refractivity contribution is 7.71. The average Bonchev–Trinajstić information content (AvgIpc) is 2.70. The lowest BCUT2D eigenvalue weighted by molar-refractivity contribution is 0.102. The fourth-order valence-electron chi connectivity index (χ4n) is 3.33. The first-order chi connectivity index (χ1) is 14.3. The summed E-state index contributed by atoms with van der Waals surface area (Å²) in [5, 5.41) is 3.05. The van der Waals surface area contributed by atoms with Gasteiger partial charge in [0.15, 0.2) is 4.77 Å². The van der Waals surface area contributed by atoms with Crippen molar-refractivity contribution >= 4 is 34.7 Å². The van der Waals surface area contributed by atoms with E-state index >= 15 is 0 Å². The van der Waals surface area contributed by atoms with E-state index in [9.17, 15) is 14.0 Å². The molecule has 0 spiro atoms. The molecule has 3 aromatic carbocycles. The number of hydrogen-bond donors (Lipinski definition) is 2. The summed E-state index contributed by atoms with van der Waals surface area (Å²) >= 11 is 5.45. The Labute approximate surface area is 176 Å². The maximum Gasteiger partial charge on any atom is 0.266 e. The van der Waals surface area contributed by atoms with E-state index in [0.717, 1.165) is 16.8 Å². The molecule has 5 nitrogen and oxygen atoms in total. The number of rotatable bonds is 3. The van der Waals surface area contributed by atoms with Crippen molar-refractivity contribution in [3.63, 3.8) is 0 Å². The Morgan fingerprint density at radius 3 is 2.60 bits per heavy atom. The van der Waals surface area contributed by atoms with Gasteiger partial charge in [0.05, 0.1) is 16.6 Å². The summed E-state index contributed by atoms with van der Waals surface area (Å²) in [6.07, 6.45) is 0. The van der Waals surface area contributed by atoms with Crippen LogP contribution in [0.15, 0.2) is 65.5 Å². The molecule has 0 unspecified atom stereocenters. The molecule has 0 radical (unpaired) electrons. The van der Waals surface area contributed by atoms with Gasteiger partial charge in [0.25, 0.3) is 11.5 Å². The van der Waals surface area contributed by atoms with Gasteiger partial charge < -0.3 is 10.3 Å². The molecule has 0 aliphatic carbocycles. The van der Waals surface area contributed by atoms with E-state index in [1.807, 2.05) is 32.0 Å². The van der Waals surface area contributed by atoms with Crippen LogP contribution in [-0.2, 0) is 0 Å². The van der Waals surface area contributed by atoms with Crippen LogP contribution >= 0.6 is 12.2 Å². The molecule has 0 bridgehead atoms. The molecule has 0 aliphatic rings. The molecule has 150 valence electrons. The van der Waals surface area contributed by atoms with Crippen molar-refractivity contribution in [2.45, 2.75) is 13.8 Å². The van der Waals surface area contributed by atoms with Gasteiger partial charge in [-0.1, -0.05) is 18.2 Å². The lowest BCUT2D eigenvalue weighted by Gasteiger charge is -2.13. The number of aromatic nitrogens is 2. The van der Waals surface area contributed by atoms with E-state index in [1.165, 1.54) is 22.8 Å². The van der Waals surface area contributed by atoms with Crippen molar-refractivity contribution in [2.24, 2.45) is 0 Å². The average molecular weight is 419 g/mol. The molecule has 0 fully saturated rings. The van der Waals surface area contributed by atoms with Crippen molar-refractivity contribution in [1.82, 2.24) is 9.55 Å². The minimum absolute atomic E-state index is 0.240. The molecule has 4 rings (SSSR count). The number of aryl methyl sites for hydroxylation is 1. The summed E-state index contributed by atoms with van der Waals surface area (Å²) < 4.78 is 15.0. The number of fused-ring (bicyclic) bond motifs is 1. The Bertz CT molecular complexity index is 1420. The number of hydrogen-bond acceptors (Lipinski definition) is 3. The molecule has 1 amide bonds. The minimum atomic E-state index is -0.442. The van der Waals surface area contributed by atoms with Crippen molar-refractivity contribution < 1.29 is 9.18 Å². The molecule has 0 saturated heterocycles. The van der Waals surface area contributed by atoms with E-state index in [4.69, 9.17) is 12.2 Å². The fraction of sp³-hybridized carbons (Fsp3) is 0.0870. The van der Waals surface area contributed by atoms with Gasteiger partial charge in [0.1, 0.15) is 5.82 Å². The van der Waals surface area contributed by atoms with Crippen LogP contribution in [0.4, 0.5) is 10.1 Å². The number of H-pyrrole nitrogens is 1. The van der Waals surface area contributed by atoms with E-state index in [0.29, 0.717) is 22.2 Å². The summed E-state index contributed by atoms with van der Waals surface area (Å²) in [6.45, 7) is 3.91. The standard InChI is InChI=1S/C23H18FN3O2S/c1-13-5-3-8-20(14(13)2)27-22(29)18-10-9-15(11-19(18)26-23(27)30)21(28)25-17-7-4-6-16(24)12-17/h3-12H,1-2H3,(H,25,28)(H,26,30). The van der Waals surface area contributed by atoms with Gasteiger partial charge in [-0.25, -0.2) is 4.39 Å². The molecule has 1 heterocycles. The second-order valence-electron chi connectivity index (χ2n) is 7.01. The van der Waals surface area contributed by atoms with Gasteiger partial charge in [0.2, 0.25) is 0 Å². The molecule has 1 aromatic heterocycles. The highest BCUT2D eigenvalue weighted by Crippen LogP contribution is 2.19. The Morgan fingerprint density at radius 1 is 1.07 bits per heavy atom. The molecular weight excluding hydrogens is 401 g/mol. The van der Waals surface area contributed by atoms with Gasteiger partial charge in [0, 0.05) is 11.3 Å². The number of carbonyl (C=O) groups is 1. The van der Waals surface area contributed by atoms with Gasteiger partial charge in [-0.3, -0.25) is 14.2 Å². The molecule has 4 aromatic rings. The normalized spacial score (nSPS) is 10.9. The first-order valence-electron chi connectivity index (χ1n) is 9.28. The van der Waals surface area contributed by atoms with Crippen LogP contribution in [0.2, 0.25) is 0 Å². The maximum absolute atomic E-state index is 13.3. The smallest absolute Gasteiger partial charge is 0.266 e. The summed E-state index contributed by atoms with van der Waals surface area (Å²) in [7, 11) is 0. The Morgan fingerprint density at radius 2 is 1.83 bits per heavy atom. The lowest BCUT2D eigenvalue weighted by atomic mass is 10.1. The number of nitrogens with zero attached hydrogens (tertiary/aromatic N) is 1. The first kappa shape index (κ1) is 19.7. The van der Waals surface area contributed by atoms with Crippen molar-refractivity contribution in [2.75, 3.05) is 5.32 Å². The van der Waals surface area contributed by atoms with E-state index in [-0.39, 0.29) is 10.3 Å². The fourth-order valence-corrected chi connectivity index (χ4v) is 3.62. The van der Waals surface area contributed by atoms with Crippen LogP contribution in [0.1, 0.15) is 21.5 Å². The largest absolute Gasteiger partial charge is 0.331 e. The molecule has 0 saturated carbocycles. The van der Waals surface area contributed by atoms with E-state index in [2.05, 4.69) is 10.3 Å². The number of amides is 1. The number of nitrogens with one attached hydrogen (secondary N) is 2. The van der Waals surface area contributed by atoms with Crippen LogP contribution in [-0.4, -0.2) is 15.5 Å². The number of halogens is 1. The third-order valence-corrected chi connectivity index (χ3v) is 5.34. The van der Waals surface area contributed by atoms with Gasteiger partial charge in [-0.15, -0.1) is 0 Å². The van der Waals surface area contributed by atoms with E-state index in [1.54, 1.807) is 24.3 Å². The van der Waals surface area contributed by atoms with Crippen LogP contribution in [0.3, 0.4) is 0 Å². The van der Waals surface area contributed by atoms with Gasteiger partial charge >= 0.3 is 0 Å². The zero-order chi connectivity index (χ0) is 21.4. The van der Waals surface area contributed by atoms with Gasteiger partial charge in [-0.05, 0) is 79.7 Å². The lowest BCUT2D eigenvalue weighted by Crippen LogP contribution is -2.22. The molecule has 30 heavy (non-hydrogen) atoms. The Hall–Kier alpha value is -3.58. The number of anilines is 1. The third kappa shape index (κ3) is 3.55. The number of benzene rings is 3. The second-order valence-corrected chi connectivity index (χ2v) is 7.40. The molecular formula is C23H18FN3O2S. The highest BCUT2D eigenvalue weighted by atomic mass is 32.1. The monoisotopic (exact) mass is 419 g/mol. The summed E-state index contributed by atoms with van der Waals surface area (Å²) in [5.41, 5.74) is 3.59. The zero-order valence-corrected chi connectivity index (χ0v) is 17.1. The van der Waals surface area contributed by atoms with Crippen molar-refractivity contribution in [3.05, 3.63) is 98.3 Å². The van der Waals surface area contributed by atoms with Crippen LogP contribution in [0, 0.1) is 24.4 Å². The minimum Gasteiger partial charge on any atom is -0.331 e. The third-order valence-electron chi connectivity index (χ3n) is 5.06.